The number of hydrogen-bond donors (Lipinski definition) is 2. The van der Waals surface area contributed by atoms with E-state index in [1.807, 2.05) is 36.5 Å². The van der Waals surface area contributed by atoms with Gasteiger partial charge in [0.25, 0.3) is 0 Å². The molecule has 0 atom stereocenters. The Morgan fingerprint density at radius 1 is 1.28 bits per heavy atom. The lowest BCUT2D eigenvalue weighted by Gasteiger charge is -2.33. The summed E-state index contributed by atoms with van der Waals surface area (Å²) in [6.07, 6.45) is 3.94. The van der Waals surface area contributed by atoms with Crippen molar-refractivity contribution < 1.29 is 4.74 Å². The first-order chi connectivity index (χ1) is 13.7. The second-order valence-corrected chi connectivity index (χ2v) is 7.18. The normalized spacial score (nSPS) is 14.9. The average molecular weight is 530 g/mol. The molecule has 0 unspecified atom stereocenters. The topological polar surface area (TPSA) is 61.8 Å². The molecule has 6 nitrogen and oxygen atoms in total. The highest BCUT2D eigenvalue weighted by Gasteiger charge is 2.20. The standard InChI is InChI=1S/C21H28ClN5O.HI/c1-3-23-21(25-15-16-7-8-17(22)14-19(16)28-2)26-18-9-12-27(13-10-18)20-6-4-5-11-24-20;/h4-8,11,14,18H,3,9-10,12-13,15H2,1-2H3,(H2,23,25,26);1H. The van der Waals surface area contributed by atoms with Crippen LogP contribution >= 0.6 is 35.6 Å². The van der Waals surface area contributed by atoms with Crippen LogP contribution in [0.5, 0.6) is 5.75 Å². The van der Waals surface area contributed by atoms with E-state index in [0.717, 1.165) is 55.6 Å². The molecule has 1 aliphatic rings. The zero-order valence-electron chi connectivity index (χ0n) is 16.9. The molecule has 0 radical (unpaired) electrons. The summed E-state index contributed by atoms with van der Waals surface area (Å²) in [5.74, 6) is 2.64. The zero-order chi connectivity index (χ0) is 19.8. The number of rotatable bonds is 6. The van der Waals surface area contributed by atoms with Crippen LogP contribution in [0.1, 0.15) is 25.3 Å². The molecule has 1 saturated heterocycles. The van der Waals surface area contributed by atoms with E-state index in [0.29, 0.717) is 17.6 Å². The molecule has 2 aromatic rings. The van der Waals surface area contributed by atoms with Crippen molar-refractivity contribution in [3.05, 3.63) is 53.2 Å². The number of halogens is 2. The molecule has 3 rings (SSSR count). The van der Waals surface area contributed by atoms with Gasteiger partial charge in [0.05, 0.1) is 13.7 Å². The lowest BCUT2D eigenvalue weighted by atomic mass is 10.1. The molecule has 0 spiro atoms. The van der Waals surface area contributed by atoms with Crippen LogP contribution in [0, 0.1) is 0 Å². The van der Waals surface area contributed by atoms with Gasteiger partial charge in [-0.1, -0.05) is 23.7 Å². The fourth-order valence-electron chi connectivity index (χ4n) is 3.32. The van der Waals surface area contributed by atoms with Crippen LogP contribution < -0.4 is 20.3 Å². The van der Waals surface area contributed by atoms with Crippen molar-refractivity contribution in [2.45, 2.75) is 32.4 Å². The fourth-order valence-corrected chi connectivity index (χ4v) is 3.48. The van der Waals surface area contributed by atoms with Gasteiger partial charge in [-0.3, -0.25) is 0 Å². The van der Waals surface area contributed by atoms with E-state index < -0.39 is 0 Å². The highest BCUT2D eigenvalue weighted by atomic mass is 127. The fraction of sp³-hybridized carbons (Fsp3) is 0.429. The van der Waals surface area contributed by atoms with Crippen molar-refractivity contribution in [2.24, 2.45) is 4.99 Å². The van der Waals surface area contributed by atoms with Gasteiger partial charge in [0.2, 0.25) is 0 Å². The SMILES string of the molecule is CCNC(=NCc1ccc(Cl)cc1OC)NC1CCN(c2ccccn2)CC1.I. The van der Waals surface area contributed by atoms with E-state index in [-0.39, 0.29) is 24.0 Å². The van der Waals surface area contributed by atoms with Crippen molar-refractivity contribution in [1.82, 2.24) is 15.6 Å². The predicted molar refractivity (Wildman–Crippen MR) is 131 cm³/mol. The molecule has 0 amide bonds. The van der Waals surface area contributed by atoms with Crippen LogP contribution in [0.3, 0.4) is 0 Å². The van der Waals surface area contributed by atoms with Gasteiger partial charge in [-0.15, -0.1) is 24.0 Å². The summed E-state index contributed by atoms with van der Waals surface area (Å²) in [4.78, 5) is 11.5. The Labute approximate surface area is 195 Å². The van der Waals surface area contributed by atoms with Crippen molar-refractivity contribution in [3.63, 3.8) is 0 Å². The molecule has 1 aromatic heterocycles. The number of methoxy groups -OCH3 is 1. The van der Waals surface area contributed by atoms with Gasteiger partial charge < -0.3 is 20.3 Å². The highest BCUT2D eigenvalue weighted by Crippen LogP contribution is 2.23. The molecule has 29 heavy (non-hydrogen) atoms. The van der Waals surface area contributed by atoms with E-state index in [1.165, 1.54) is 0 Å². The van der Waals surface area contributed by atoms with Crippen LogP contribution in [-0.4, -0.2) is 43.7 Å². The first kappa shape index (κ1) is 23.5. The molecule has 0 aliphatic carbocycles. The second-order valence-electron chi connectivity index (χ2n) is 6.74. The zero-order valence-corrected chi connectivity index (χ0v) is 20.0. The number of pyridine rings is 1. The molecule has 8 heteroatoms. The van der Waals surface area contributed by atoms with Crippen molar-refractivity contribution in [1.29, 1.82) is 0 Å². The van der Waals surface area contributed by atoms with Crippen LogP contribution in [0.2, 0.25) is 5.02 Å². The Hall–Kier alpha value is -1.74. The number of aliphatic imine (C=N–C) groups is 1. The van der Waals surface area contributed by atoms with Crippen LogP contribution in [0.4, 0.5) is 5.82 Å². The maximum absolute atomic E-state index is 6.04. The number of nitrogens with one attached hydrogen (secondary N) is 2. The second kappa shape index (κ2) is 12.1. The summed E-state index contributed by atoms with van der Waals surface area (Å²) < 4.78 is 5.42. The number of guanidine groups is 1. The van der Waals surface area contributed by atoms with E-state index in [2.05, 4.69) is 33.5 Å². The lowest BCUT2D eigenvalue weighted by Crippen LogP contribution is -2.48. The number of piperidine rings is 1. The van der Waals surface area contributed by atoms with Gasteiger partial charge in [-0.2, -0.15) is 0 Å². The number of ether oxygens (including phenoxy) is 1. The number of hydrogen-bond acceptors (Lipinski definition) is 4. The Balaban J connectivity index is 0.00000300. The molecule has 2 heterocycles. The minimum absolute atomic E-state index is 0. The third-order valence-electron chi connectivity index (χ3n) is 4.81. The first-order valence-electron chi connectivity index (χ1n) is 9.73. The van der Waals surface area contributed by atoms with Crippen molar-refractivity contribution in [3.8, 4) is 5.75 Å². The van der Waals surface area contributed by atoms with Crippen molar-refractivity contribution in [2.75, 3.05) is 31.6 Å². The average Bonchev–Trinajstić information content (AvgIpc) is 2.74. The molecular formula is C21H29ClIN5O. The van der Waals surface area contributed by atoms with E-state index in [9.17, 15) is 0 Å². The Bertz CT molecular complexity index is 782. The van der Waals surface area contributed by atoms with Crippen LogP contribution in [0.25, 0.3) is 0 Å². The monoisotopic (exact) mass is 529 g/mol. The van der Waals surface area contributed by atoms with Gasteiger partial charge >= 0.3 is 0 Å². The summed E-state index contributed by atoms with van der Waals surface area (Å²) in [5, 5.41) is 7.57. The van der Waals surface area contributed by atoms with Crippen LogP contribution in [0.15, 0.2) is 47.6 Å². The quantitative estimate of drug-likeness (QED) is 0.335. The highest BCUT2D eigenvalue weighted by molar-refractivity contribution is 14.0. The lowest BCUT2D eigenvalue weighted by molar-refractivity contribution is 0.410. The Morgan fingerprint density at radius 2 is 2.07 bits per heavy atom. The molecule has 0 bridgehead atoms. The number of benzene rings is 1. The summed E-state index contributed by atoms with van der Waals surface area (Å²) in [5.41, 5.74) is 1.01. The summed E-state index contributed by atoms with van der Waals surface area (Å²) in [6, 6.07) is 12.1. The first-order valence-corrected chi connectivity index (χ1v) is 10.1. The van der Waals surface area contributed by atoms with Crippen molar-refractivity contribution >= 4 is 47.4 Å². The Kier molecular flexibility index (Phi) is 9.80. The Morgan fingerprint density at radius 3 is 2.72 bits per heavy atom. The third kappa shape index (κ3) is 6.92. The minimum atomic E-state index is 0. The van der Waals surface area contributed by atoms with Crippen LogP contribution in [-0.2, 0) is 6.54 Å². The van der Waals surface area contributed by atoms with E-state index >= 15 is 0 Å². The molecular weight excluding hydrogens is 501 g/mol. The van der Waals surface area contributed by atoms with Gasteiger partial charge in [0.1, 0.15) is 11.6 Å². The largest absolute Gasteiger partial charge is 0.496 e. The smallest absolute Gasteiger partial charge is 0.191 e. The summed E-state index contributed by atoms with van der Waals surface area (Å²) in [7, 11) is 1.65. The summed E-state index contributed by atoms with van der Waals surface area (Å²) >= 11 is 6.04. The number of anilines is 1. The van der Waals surface area contributed by atoms with Gasteiger partial charge in [-0.25, -0.2) is 9.98 Å². The third-order valence-corrected chi connectivity index (χ3v) is 5.05. The molecule has 2 N–H and O–H groups in total. The van der Waals surface area contributed by atoms with Gasteiger partial charge in [-0.05, 0) is 44.0 Å². The van der Waals surface area contributed by atoms with Gasteiger partial charge in [0, 0.05) is 42.5 Å². The maximum atomic E-state index is 6.04. The predicted octanol–water partition coefficient (Wildman–Crippen LogP) is 4.09. The maximum Gasteiger partial charge on any atom is 0.191 e. The van der Waals surface area contributed by atoms with Gasteiger partial charge in [0.15, 0.2) is 5.96 Å². The molecule has 0 saturated carbocycles. The number of aromatic nitrogens is 1. The molecule has 158 valence electrons. The number of nitrogens with zero attached hydrogens (tertiary/aromatic N) is 3. The minimum Gasteiger partial charge on any atom is -0.496 e. The molecule has 1 aromatic carbocycles. The summed E-state index contributed by atoms with van der Waals surface area (Å²) in [6.45, 7) is 5.39. The molecule has 1 fully saturated rings. The van der Waals surface area contributed by atoms with E-state index in [1.54, 1.807) is 7.11 Å². The molecule has 1 aliphatic heterocycles. The van der Waals surface area contributed by atoms with E-state index in [4.69, 9.17) is 21.3 Å².